The topological polar surface area (TPSA) is 36.9 Å². The van der Waals surface area contributed by atoms with Gasteiger partial charge in [-0.05, 0) is 38.1 Å². The van der Waals surface area contributed by atoms with Gasteiger partial charge in [-0.2, -0.15) is 5.10 Å². The van der Waals surface area contributed by atoms with Crippen molar-refractivity contribution >= 4 is 22.5 Å². The number of H-pyrrole nitrogens is 1. The zero-order valence-corrected chi connectivity index (χ0v) is 13.3. The second kappa shape index (κ2) is 5.45. The van der Waals surface area contributed by atoms with Crippen molar-refractivity contribution in [3.05, 3.63) is 52.9 Å². The van der Waals surface area contributed by atoms with Crippen molar-refractivity contribution in [1.29, 1.82) is 0 Å². The lowest BCUT2D eigenvalue weighted by Crippen LogP contribution is -2.26. The third-order valence-electron chi connectivity index (χ3n) is 4.53. The summed E-state index contributed by atoms with van der Waals surface area (Å²) in [6.45, 7) is 2.24. The number of aromatic nitrogens is 3. The van der Waals surface area contributed by atoms with Gasteiger partial charge < -0.3 is 4.98 Å². The Kier molecular flexibility index (Phi) is 3.43. The molecule has 0 aliphatic carbocycles. The molecule has 4 rings (SSSR count). The van der Waals surface area contributed by atoms with Crippen LogP contribution in [-0.4, -0.2) is 32.8 Å². The second-order valence-electron chi connectivity index (χ2n) is 6.00. The molecule has 0 saturated carbocycles. The van der Waals surface area contributed by atoms with Crippen LogP contribution in [0.2, 0.25) is 5.02 Å². The molecule has 1 atom stereocenters. The van der Waals surface area contributed by atoms with Crippen LogP contribution >= 0.6 is 11.6 Å². The summed E-state index contributed by atoms with van der Waals surface area (Å²) >= 11 is 6.49. The van der Waals surface area contributed by atoms with E-state index in [0.29, 0.717) is 0 Å². The van der Waals surface area contributed by atoms with Gasteiger partial charge in [-0.3, -0.25) is 9.58 Å². The molecule has 4 nitrogen and oxygen atoms in total. The number of aryl methyl sites for hydroxylation is 1. The average molecular weight is 315 g/mol. The minimum Gasteiger partial charge on any atom is -0.361 e. The van der Waals surface area contributed by atoms with Crippen molar-refractivity contribution in [2.24, 2.45) is 7.05 Å². The summed E-state index contributed by atoms with van der Waals surface area (Å²) in [7, 11) is 1.97. The molecule has 1 aromatic carbocycles. The monoisotopic (exact) mass is 314 g/mol. The van der Waals surface area contributed by atoms with Gasteiger partial charge in [-0.15, -0.1) is 0 Å². The van der Waals surface area contributed by atoms with Gasteiger partial charge in [0.1, 0.15) is 0 Å². The van der Waals surface area contributed by atoms with Gasteiger partial charge in [0.25, 0.3) is 0 Å². The Bertz CT molecular complexity index is 798. The largest absolute Gasteiger partial charge is 0.361 e. The molecule has 0 bridgehead atoms. The molecule has 1 saturated heterocycles. The summed E-state index contributed by atoms with van der Waals surface area (Å²) in [4.78, 5) is 5.90. The standard InChI is InChI=1S/C17H19ClN4/c1-21-11-12(9-20-21)17(22-7-2-3-8-22)13-10-19-15-6-4-5-14(18)16(13)15/h4-6,9-11,17,19H,2-3,7-8H2,1H3. The van der Waals surface area contributed by atoms with Crippen LogP contribution in [0, 0.1) is 0 Å². The van der Waals surface area contributed by atoms with Gasteiger partial charge in [0.05, 0.1) is 17.3 Å². The summed E-state index contributed by atoms with van der Waals surface area (Å²) in [5, 5.41) is 6.30. The van der Waals surface area contributed by atoms with Gasteiger partial charge in [0, 0.05) is 41.5 Å². The van der Waals surface area contributed by atoms with E-state index in [4.69, 9.17) is 11.6 Å². The molecule has 5 heteroatoms. The van der Waals surface area contributed by atoms with Crippen molar-refractivity contribution in [2.45, 2.75) is 18.9 Å². The highest BCUT2D eigenvalue weighted by Gasteiger charge is 2.28. The first kappa shape index (κ1) is 13.9. The van der Waals surface area contributed by atoms with Crippen molar-refractivity contribution in [2.75, 3.05) is 13.1 Å². The molecule has 1 aliphatic heterocycles. The quantitative estimate of drug-likeness (QED) is 0.799. The number of fused-ring (bicyclic) bond motifs is 1. The van der Waals surface area contributed by atoms with Crippen LogP contribution in [0.5, 0.6) is 0 Å². The fraction of sp³-hybridized carbons (Fsp3) is 0.353. The highest BCUT2D eigenvalue weighted by atomic mass is 35.5. The molecule has 1 unspecified atom stereocenters. The Morgan fingerprint density at radius 3 is 2.82 bits per heavy atom. The minimum atomic E-state index is 0.213. The molecule has 22 heavy (non-hydrogen) atoms. The zero-order valence-electron chi connectivity index (χ0n) is 12.6. The molecule has 1 N–H and O–H groups in total. The highest BCUT2D eigenvalue weighted by Crippen LogP contribution is 2.38. The predicted octanol–water partition coefficient (Wildman–Crippen LogP) is 3.74. The van der Waals surface area contributed by atoms with Crippen molar-refractivity contribution in [3.8, 4) is 0 Å². The lowest BCUT2D eigenvalue weighted by atomic mass is 9.99. The van der Waals surface area contributed by atoms with Gasteiger partial charge in [0.2, 0.25) is 0 Å². The Balaban J connectivity index is 1.89. The maximum atomic E-state index is 6.49. The van der Waals surface area contributed by atoms with Crippen molar-refractivity contribution < 1.29 is 0 Å². The fourth-order valence-corrected chi connectivity index (χ4v) is 3.83. The Morgan fingerprint density at radius 1 is 1.27 bits per heavy atom. The second-order valence-corrected chi connectivity index (χ2v) is 6.41. The molecule has 2 aromatic heterocycles. The average Bonchev–Trinajstić information content (AvgIpc) is 3.22. The molecular weight excluding hydrogens is 296 g/mol. The van der Waals surface area contributed by atoms with Crippen molar-refractivity contribution in [1.82, 2.24) is 19.7 Å². The summed E-state index contributed by atoms with van der Waals surface area (Å²) in [5.41, 5.74) is 3.57. The van der Waals surface area contributed by atoms with E-state index < -0.39 is 0 Å². The van der Waals surface area contributed by atoms with Crippen LogP contribution in [-0.2, 0) is 7.05 Å². The summed E-state index contributed by atoms with van der Waals surface area (Å²) in [6.07, 6.45) is 8.70. The number of hydrogen-bond acceptors (Lipinski definition) is 2. The van der Waals surface area contributed by atoms with Crippen LogP contribution < -0.4 is 0 Å². The van der Waals surface area contributed by atoms with Crippen LogP contribution in [0.1, 0.15) is 30.0 Å². The van der Waals surface area contributed by atoms with Gasteiger partial charge in [0.15, 0.2) is 0 Å². The fourth-order valence-electron chi connectivity index (χ4n) is 3.55. The van der Waals surface area contributed by atoms with E-state index in [-0.39, 0.29) is 6.04 Å². The van der Waals surface area contributed by atoms with Gasteiger partial charge in [-0.25, -0.2) is 0 Å². The smallest absolute Gasteiger partial charge is 0.0654 e. The van der Waals surface area contributed by atoms with Crippen molar-refractivity contribution in [3.63, 3.8) is 0 Å². The first-order valence-corrected chi connectivity index (χ1v) is 8.10. The lowest BCUT2D eigenvalue weighted by molar-refractivity contribution is 0.282. The van der Waals surface area contributed by atoms with Crippen LogP contribution in [0.3, 0.4) is 0 Å². The minimum absolute atomic E-state index is 0.213. The molecule has 0 spiro atoms. The van der Waals surface area contributed by atoms with Crippen LogP contribution in [0.15, 0.2) is 36.8 Å². The number of aromatic amines is 1. The Labute approximate surface area is 134 Å². The van der Waals surface area contributed by atoms with E-state index in [1.807, 2.05) is 30.1 Å². The third kappa shape index (κ3) is 2.23. The third-order valence-corrected chi connectivity index (χ3v) is 4.84. The summed E-state index contributed by atoms with van der Waals surface area (Å²) in [5.74, 6) is 0. The van der Waals surface area contributed by atoms with Crippen LogP contribution in [0.4, 0.5) is 0 Å². The molecular formula is C17H19ClN4. The molecule has 114 valence electrons. The van der Waals surface area contributed by atoms with E-state index in [0.717, 1.165) is 29.0 Å². The number of likely N-dealkylation sites (tertiary alicyclic amines) is 1. The molecule has 0 amide bonds. The zero-order chi connectivity index (χ0) is 15.1. The predicted molar refractivity (Wildman–Crippen MR) is 89.2 cm³/mol. The van der Waals surface area contributed by atoms with E-state index >= 15 is 0 Å². The number of rotatable bonds is 3. The highest BCUT2D eigenvalue weighted by molar-refractivity contribution is 6.35. The molecule has 1 aliphatic rings. The maximum absolute atomic E-state index is 6.49. The van der Waals surface area contributed by atoms with Gasteiger partial charge >= 0.3 is 0 Å². The normalized spacial score (nSPS) is 17.4. The van der Waals surface area contributed by atoms with E-state index in [2.05, 4.69) is 33.4 Å². The number of nitrogens with zero attached hydrogens (tertiary/aromatic N) is 3. The van der Waals surface area contributed by atoms with Crippen LogP contribution in [0.25, 0.3) is 10.9 Å². The molecule has 3 aromatic rings. The summed E-state index contributed by atoms with van der Waals surface area (Å²) < 4.78 is 1.87. The number of benzene rings is 1. The van der Waals surface area contributed by atoms with E-state index in [1.165, 1.54) is 24.0 Å². The van der Waals surface area contributed by atoms with Gasteiger partial charge in [-0.1, -0.05) is 17.7 Å². The van der Waals surface area contributed by atoms with E-state index in [1.54, 1.807) is 0 Å². The SMILES string of the molecule is Cn1cc(C(c2c[nH]c3cccc(Cl)c23)N2CCCC2)cn1. The molecule has 1 fully saturated rings. The molecule has 0 radical (unpaired) electrons. The number of hydrogen-bond donors (Lipinski definition) is 1. The maximum Gasteiger partial charge on any atom is 0.0654 e. The Morgan fingerprint density at radius 2 is 2.09 bits per heavy atom. The first-order chi connectivity index (χ1) is 10.7. The number of nitrogens with one attached hydrogen (secondary N) is 1. The number of halogens is 1. The summed E-state index contributed by atoms with van der Waals surface area (Å²) in [6, 6.07) is 6.24. The first-order valence-electron chi connectivity index (χ1n) is 7.72. The Hall–Kier alpha value is -1.78. The molecule has 3 heterocycles. The lowest BCUT2D eigenvalue weighted by Gasteiger charge is -2.26. The van der Waals surface area contributed by atoms with E-state index in [9.17, 15) is 0 Å².